The number of thioether (sulfide) groups is 1. The summed E-state index contributed by atoms with van der Waals surface area (Å²) in [5.74, 6) is 0.818. The molecule has 1 N–H and O–H groups in total. The third kappa shape index (κ3) is 2.37. The molecule has 0 aromatic heterocycles. The Bertz CT molecular complexity index is 904. The van der Waals surface area contributed by atoms with E-state index < -0.39 is 5.06 Å². The summed E-state index contributed by atoms with van der Waals surface area (Å²) in [4.78, 5) is 11.9. The second-order valence-electron chi connectivity index (χ2n) is 6.22. The average Bonchev–Trinajstić information content (AvgIpc) is 3.22. The van der Waals surface area contributed by atoms with E-state index in [-0.39, 0.29) is 11.3 Å². The molecule has 5 rings (SSSR count). The van der Waals surface area contributed by atoms with Crippen LogP contribution in [0.1, 0.15) is 23.6 Å². The molecule has 25 heavy (non-hydrogen) atoms. The van der Waals surface area contributed by atoms with Crippen LogP contribution in [0, 0.1) is 0 Å². The Morgan fingerprint density at radius 2 is 2.12 bits per heavy atom. The SMILES string of the molecule is O=C1NCC2(Oc3ccc(Br)cc3C3CC(c4ccccc4)=NN32)S1. The summed E-state index contributed by atoms with van der Waals surface area (Å²) in [6, 6.07) is 16.2. The Kier molecular flexibility index (Phi) is 3.36. The molecular formula is C18H14BrN3O2S. The number of nitrogens with zero attached hydrogens (tertiary/aromatic N) is 2. The zero-order valence-corrected chi connectivity index (χ0v) is 15.5. The molecule has 3 aliphatic heterocycles. The molecule has 5 nitrogen and oxygen atoms in total. The maximum Gasteiger partial charge on any atom is 0.285 e. The van der Waals surface area contributed by atoms with Crippen molar-refractivity contribution in [1.29, 1.82) is 0 Å². The minimum absolute atomic E-state index is 0.0525. The van der Waals surface area contributed by atoms with E-state index >= 15 is 0 Å². The van der Waals surface area contributed by atoms with Gasteiger partial charge in [-0.2, -0.15) is 5.10 Å². The number of halogens is 1. The quantitative estimate of drug-likeness (QED) is 0.761. The number of hydrogen-bond donors (Lipinski definition) is 1. The van der Waals surface area contributed by atoms with Crippen molar-refractivity contribution in [3.05, 3.63) is 64.1 Å². The van der Waals surface area contributed by atoms with Crippen molar-refractivity contribution >= 4 is 38.6 Å². The standard InChI is InChI=1S/C18H14BrN3O2S/c19-12-6-7-16-13(8-12)15-9-14(11-4-2-1-3-5-11)21-22(15)18(24-16)10-20-17(23)25-18/h1-8,15H,9-10H2,(H,20,23). The molecule has 2 unspecified atom stereocenters. The lowest BCUT2D eigenvalue weighted by Gasteiger charge is -2.43. The van der Waals surface area contributed by atoms with Crippen molar-refractivity contribution in [2.24, 2.45) is 5.10 Å². The number of nitrogens with one attached hydrogen (secondary N) is 1. The first-order valence-electron chi connectivity index (χ1n) is 8.02. The highest BCUT2D eigenvalue weighted by Crippen LogP contribution is 2.52. The first-order chi connectivity index (χ1) is 12.1. The van der Waals surface area contributed by atoms with Crippen molar-refractivity contribution < 1.29 is 9.53 Å². The van der Waals surface area contributed by atoms with Crippen LogP contribution in [0.25, 0.3) is 0 Å². The molecular weight excluding hydrogens is 402 g/mol. The van der Waals surface area contributed by atoms with Crippen LogP contribution in [-0.4, -0.2) is 27.6 Å². The zero-order chi connectivity index (χ0) is 17.0. The largest absolute Gasteiger partial charge is 0.454 e. The van der Waals surface area contributed by atoms with Crippen LogP contribution in [0.3, 0.4) is 0 Å². The molecule has 126 valence electrons. The number of hydrogen-bond acceptors (Lipinski definition) is 5. The van der Waals surface area contributed by atoms with Gasteiger partial charge in [-0.15, -0.1) is 0 Å². The van der Waals surface area contributed by atoms with Gasteiger partial charge in [-0.05, 0) is 23.8 Å². The lowest BCUT2D eigenvalue weighted by Crippen LogP contribution is -2.53. The minimum Gasteiger partial charge on any atom is -0.454 e. The van der Waals surface area contributed by atoms with Crippen LogP contribution >= 0.6 is 27.7 Å². The predicted molar refractivity (Wildman–Crippen MR) is 101 cm³/mol. The molecule has 1 saturated heterocycles. The third-order valence-electron chi connectivity index (χ3n) is 4.68. The third-order valence-corrected chi connectivity index (χ3v) is 6.23. The van der Waals surface area contributed by atoms with Gasteiger partial charge in [0.15, 0.2) is 0 Å². The number of amides is 1. The fourth-order valence-electron chi connectivity index (χ4n) is 3.55. The van der Waals surface area contributed by atoms with Crippen LogP contribution in [0.5, 0.6) is 5.75 Å². The summed E-state index contributed by atoms with van der Waals surface area (Å²) in [6.45, 7) is 0.411. The number of fused-ring (bicyclic) bond motifs is 4. The summed E-state index contributed by atoms with van der Waals surface area (Å²) in [5.41, 5.74) is 3.21. The van der Waals surface area contributed by atoms with E-state index in [1.54, 1.807) is 0 Å². The van der Waals surface area contributed by atoms with Gasteiger partial charge in [0, 0.05) is 28.2 Å². The smallest absolute Gasteiger partial charge is 0.285 e. The number of carbonyl (C=O) groups is 1. The Balaban J connectivity index is 1.63. The topological polar surface area (TPSA) is 53.9 Å². The number of carbonyl (C=O) groups excluding carboxylic acids is 1. The van der Waals surface area contributed by atoms with Gasteiger partial charge in [0.05, 0.1) is 18.3 Å². The maximum atomic E-state index is 11.9. The predicted octanol–water partition coefficient (Wildman–Crippen LogP) is 4.10. The summed E-state index contributed by atoms with van der Waals surface area (Å²) in [6.07, 6.45) is 0.785. The maximum absolute atomic E-state index is 11.9. The highest BCUT2D eigenvalue weighted by atomic mass is 79.9. The van der Waals surface area contributed by atoms with Crippen LogP contribution in [0.15, 0.2) is 58.1 Å². The average molecular weight is 416 g/mol. The van der Waals surface area contributed by atoms with Crippen LogP contribution in [-0.2, 0) is 0 Å². The number of hydrazone groups is 1. The summed E-state index contributed by atoms with van der Waals surface area (Å²) in [7, 11) is 0. The molecule has 0 saturated carbocycles. The van der Waals surface area contributed by atoms with Gasteiger partial charge >= 0.3 is 0 Å². The van der Waals surface area contributed by atoms with E-state index in [0.29, 0.717) is 6.54 Å². The number of benzene rings is 2. The van der Waals surface area contributed by atoms with E-state index in [4.69, 9.17) is 9.84 Å². The van der Waals surface area contributed by atoms with Crippen LogP contribution < -0.4 is 10.1 Å². The second-order valence-corrected chi connectivity index (χ2v) is 8.35. The van der Waals surface area contributed by atoms with Crippen molar-refractivity contribution in [2.45, 2.75) is 17.5 Å². The number of ether oxygens (including phenoxy) is 1. The van der Waals surface area contributed by atoms with E-state index in [1.807, 2.05) is 35.3 Å². The molecule has 0 radical (unpaired) electrons. The molecule has 0 bridgehead atoms. The normalized spacial score (nSPS) is 26.8. The first-order valence-corrected chi connectivity index (χ1v) is 9.63. The summed E-state index contributed by atoms with van der Waals surface area (Å²) < 4.78 is 7.29. The van der Waals surface area contributed by atoms with Gasteiger partial charge in [-0.1, -0.05) is 46.3 Å². The molecule has 3 heterocycles. The van der Waals surface area contributed by atoms with Crippen molar-refractivity contribution in [2.75, 3.05) is 6.54 Å². The molecule has 1 spiro atoms. The van der Waals surface area contributed by atoms with Gasteiger partial charge < -0.3 is 10.1 Å². The molecule has 1 amide bonds. The molecule has 2 aromatic carbocycles. The van der Waals surface area contributed by atoms with E-state index in [9.17, 15) is 4.79 Å². The highest BCUT2D eigenvalue weighted by Gasteiger charge is 2.55. The monoisotopic (exact) mass is 415 g/mol. The molecule has 7 heteroatoms. The lowest BCUT2D eigenvalue weighted by molar-refractivity contribution is -0.0389. The molecule has 2 atom stereocenters. The molecule has 2 aromatic rings. The fourth-order valence-corrected chi connectivity index (χ4v) is 4.90. The molecule has 0 aliphatic carbocycles. The van der Waals surface area contributed by atoms with Gasteiger partial charge in [0.25, 0.3) is 10.3 Å². The molecule has 3 aliphatic rings. The molecule has 1 fully saturated rings. The first kappa shape index (κ1) is 15.3. The van der Waals surface area contributed by atoms with Crippen molar-refractivity contribution in [1.82, 2.24) is 10.3 Å². The van der Waals surface area contributed by atoms with Gasteiger partial charge in [0.2, 0.25) is 0 Å². The second kappa shape index (κ2) is 5.51. The van der Waals surface area contributed by atoms with Crippen LogP contribution in [0.2, 0.25) is 0 Å². The Hall–Kier alpha value is -1.99. The Labute approximate surface area is 157 Å². The van der Waals surface area contributed by atoms with Crippen molar-refractivity contribution in [3.63, 3.8) is 0 Å². The minimum atomic E-state index is -0.820. The highest BCUT2D eigenvalue weighted by molar-refractivity contribution is 9.10. The number of rotatable bonds is 1. The van der Waals surface area contributed by atoms with Crippen molar-refractivity contribution in [3.8, 4) is 5.75 Å². The zero-order valence-electron chi connectivity index (χ0n) is 13.1. The van der Waals surface area contributed by atoms with Gasteiger partial charge in [-0.25, -0.2) is 5.01 Å². The Morgan fingerprint density at radius 3 is 2.88 bits per heavy atom. The summed E-state index contributed by atoms with van der Waals surface area (Å²) in [5, 5.41) is 8.81. The van der Waals surface area contributed by atoms with Gasteiger partial charge in [0.1, 0.15) is 5.75 Å². The Morgan fingerprint density at radius 1 is 1.28 bits per heavy atom. The van der Waals surface area contributed by atoms with Crippen LogP contribution in [0.4, 0.5) is 4.79 Å². The van der Waals surface area contributed by atoms with E-state index in [0.717, 1.165) is 33.5 Å². The fraction of sp³-hybridized carbons (Fsp3) is 0.222. The lowest BCUT2D eigenvalue weighted by atomic mass is 9.96. The summed E-state index contributed by atoms with van der Waals surface area (Å²) >= 11 is 4.71. The van der Waals surface area contributed by atoms with E-state index in [2.05, 4.69) is 39.4 Å². The van der Waals surface area contributed by atoms with E-state index in [1.165, 1.54) is 11.8 Å². The van der Waals surface area contributed by atoms with Gasteiger partial charge in [-0.3, -0.25) is 4.79 Å².